The molecule has 1 aromatic carbocycles. The molecular formula is C10H11F4NO. The second-order valence-corrected chi connectivity index (χ2v) is 3.25. The molecule has 0 bridgehead atoms. The van der Waals surface area contributed by atoms with Crippen molar-refractivity contribution in [3.8, 4) is 5.75 Å². The summed E-state index contributed by atoms with van der Waals surface area (Å²) in [6.07, 6.45) is -5.25. The van der Waals surface area contributed by atoms with E-state index in [9.17, 15) is 17.6 Å². The summed E-state index contributed by atoms with van der Waals surface area (Å²) in [5.41, 5.74) is 5.20. The van der Waals surface area contributed by atoms with E-state index in [4.69, 9.17) is 10.5 Å². The van der Waals surface area contributed by atoms with Crippen LogP contribution in [0.25, 0.3) is 0 Å². The minimum atomic E-state index is -4.18. The van der Waals surface area contributed by atoms with Gasteiger partial charge in [0.2, 0.25) is 0 Å². The zero-order chi connectivity index (χ0) is 12.2. The molecule has 2 N–H and O–H groups in total. The van der Waals surface area contributed by atoms with Crippen LogP contribution >= 0.6 is 0 Å². The number of ether oxygens (including phenoxy) is 1. The molecule has 6 heteroatoms. The first-order valence-electron chi connectivity index (χ1n) is 4.63. The van der Waals surface area contributed by atoms with Crippen LogP contribution in [0.2, 0.25) is 0 Å². The zero-order valence-corrected chi connectivity index (χ0v) is 8.35. The Kier molecular flexibility index (Phi) is 3.98. The number of anilines is 1. The standard InChI is InChI=1S/C10H11F4NO/c11-8-6-7(2-3-9(8)15)16-5-1-4-10(12,13)14/h2-3,6H,1,4-5,15H2. The van der Waals surface area contributed by atoms with Crippen LogP contribution in [0.15, 0.2) is 18.2 Å². The number of nitrogens with two attached hydrogens (primary N) is 1. The van der Waals surface area contributed by atoms with Crippen LogP contribution in [-0.2, 0) is 0 Å². The maximum Gasteiger partial charge on any atom is 0.389 e. The Bertz CT molecular complexity index is 351. The van der Waals surface area contributed by atoms with Gasteiger partial charge in [0.15, 0.2) is 0 Å². The molecule has 0 aliphatic carbocycles. The van der Waals surface area contributed by atoms with E-state index in [1.165, 1.54) is 12.1 Å². The van der Waals surface area contributed by atoms with E-state index in [-0.39, 0.29) is 24.5 Å². The lowest BCUT2D eigenvalue weighted by atomic mass is 10.3. The Labute approximate surface area is 90.0 Å². The fraction of sp³-hybridized carbons (Fsp3) is 0.400. The first-order valence-corrected chi connectivity index (χ1v) is 4.63. The highest BCUT2D eigenvalue weighted by Gasteiger charge is 2.26. The van der Waals surface area contributed by atoms with E-state index in [0.717, 1.165) is 6.07 Å². The van der Waals surface area contributed by atoms with Crippen molar-refractivity contribution >= 4 is 5.69 Å². The van der Waals surface area contributed by atoms with Gasteiger partial charge in [0.1, 0.15) is 11.6 Å². The highest BCUT2D eigenvalue weighted by Crippen LogP contribution is 2.22. The molecule has 2 nitrogen and oxygen atoms in total. The van der Waals surface area contributed by atoms with Gasteiger partial charge in [-0.1, -0.05) is 0 Å². The van der Waals surface area contributed by atoms with Gasteiger partial charge in [0.25, 0.3) is 0 Å². The SMILES string of the molecule is Nc1ccc(OCCCC(F)(F)F)cc1F. The molecule has 1 rings (SSSR count). The van der Waals surface area contributed by atoms with Crippen molar-refractivity contribution in [3.05, 3.63) is 24.0 Å². The summed E-state index contributed by atoms with van der Waals surface area (Å²) in [5.74, 6) is -0.470. The largest absolute Gasteiger partial charge is 0.493 e. The van der Waals surface area contributed by atoms with Crippen molar-refractivity contribution in [1.82, 2.24) is 0 Å². The molecule has 0 radical (unpaired) electrons. The molecule has 0 aliphatic heterocycles. The van der Waals surface area contributed by atoms with Gasteiger partial charge in [-0.25, -0.2) is 4.39 Å². The van der Waals surface area contributed by atoms with Gasteiger partial charge in [-0.3, -0.25) is 0 Å². The number of rotatable bonds is 4. The second-order valence-electron chi connectivity index (χ2n) is 3.25. The highest BCUT2D eigenvalue weighted by atomic mass is 19.4. The van der Waals surface area contributed by atoms with Gasteiger partial charge in [-0.2, -0.15) is 13.2 Å². The maximum absolute atomic E-state index is 12.9. The van der Waals surface area contributed by atoms with Crippen LogP contribution in [0, 0.1) is 5.82 Å². The molecule has 0 saturated carbocycles. The average molecular weight is 237 g/mol. The summed E-state index contributed by atoms with van der Waals surface area (Å²) in [7, 11) is 0. The monoisotopic (exact) mass is 237 g/mol. The van der Waals surface area contributed by atoms with Gasteiger partial charge in [0.05, 0.1) is 12.3 Å². The van der Waals surface area contributed by atoms with Gasteiger partial charge in [-0.05, 0) is 18.6 Å². The highest BCUT2D eigenvalue weighted by molar-refractivity contribution is 5.43. The number of benzene rings is 1. The topological polar surface area (TPSA) is 35.2 Å². The summed E-state index contributed by atoms with van der Waals surface area (Å²) in [5, 5.41) is 0. The minimum absolute atomic E-state index is 0.0253. The van der Waals surface area contributed by atoms with E-state index in [1.54, 1.807) is 0 Å². The number of hydrogen-bond donors (Lipinski definition) is 1. The lowest BCUT2D eigenvalue weighted by Crippen LogP contribution is -2.09. The smallest absolute Gasteiger partial charge is 0.389 e. The van der Waals surface area contributed by atoms with E-state index in [1.807, 2.05) is 0 Å². The van der Waals surface area contributed by atoms with Crippen LogP contribution in [0.3, 0.4) is 0 Å². The molecular weight excluding hydrogens is 226 g/mol. The summed E-state index contributed by atoms with van der Waals surface area (Å²) in [6, 6.07) is 3.75. The molecule has 0 saturated heterocycles. The third kappa shape index (κ3) is 4.37. The fourth-order valence-corrected chi connectivity index (χ4v) is 1.06. The van der Waals surface area contributed by atoms with Crippen molar-refractivity contribution in [3.63, 3.8) is 0 Å². The lowest BCUT2D eigenvalue weighted by Gasteiger charge is -2.08. The van der Waals surface area contributed by atoms with E-state index in [2.05, 4.69) is 0 Å². The minimum Gasteiger partial charge on any atom is -0.493 e. The summed E-state index contributed by atoms with van der Waals surface area (Å²) in [6.45, 7) is -0.108. The predicted molar refractivity (Wildman–Crippen MR) is 51.6 cm³/mol. The Morgan fingerprint density at radius 1 is 1.25 bits per heavy atom. The third-order valence-corrected chi connectivity index (χ3v) is 1.85. The normalized spacial score (nSPS) is 11.5. The van der Waals surface area contributed by atoms with Crippen LogP contribution in [0.1, 0.15) is 12.8 Å². The van der Waals surface area contributed by atoms with E-state index >= 15 is 0 Å². The summed E-state index contributed by atoms with van der Waals surface area (Å²) < 4.78 is 53.1. The Hall–Kier alpha value is -1.46. The Morgan fingerprint density at radius 3 is 2.50 bits per heavy atom. The Morgan fingerprint density at radius 2 is 1.94 bits per heavy atom. The molecule has 0 heterocycles. The van der Waals surface area contributed by atoms with Crippen molar-refractivity contribution < 1.29 is 22.3 Å². The summed E-state index contributed by atoms with van der Waals surface area (Å²) >= 11 is 0. The molecule has 1 aromatic rings. The predicted octanol–water partition coefficient (Wildman–Crippen LogP) is 3.13. The van der Waals surface area contributed by atoms with E-state index in [0.29, 0.717) is 0 Å². The molecule has 0 unspecified atom stereocenters. The van der Waals surface area contributed by atoms with Crippen LogP contribution < -0.4 is 10.5 Å². The van der Waals surface area contributed by atoms with Crippen LogP contribution in [0.4, 0.5) is 23.2 Å². The van der Waals surface area contributed by atoms with Crippen molar-refractivity contribution in [2.75, 3.05) is 12.3 Å². The number of alkyl halides is 3. The molecule has 0 atom stereocenters. The van der Waals surface area contributed by atoms with Crippen molar-refractivity contribution in [2.24, 2.45) is 0 Å². The Balaban J connectivity index is 2.35. The lowest BCUT2D eigenvalue weighted by molar-refractivity contribution is -0.136. The third-order valence-electron chi connectivity index (χ3n) is 1.85. The molecule has 90 valence electrons. The molecule has 0 spiro atoms. The van der Waals surface area contributed by atoms with Gasteiger partial charge >= 0.3 is 6.18 Å². The van der Waals surface area contributed by atoms with Crippen LogP contribution in [0.5, 0.6) is 5.75 Å². The van der Waals surface area contributed by atoms with Crippen LogP contribution in [-0.4, -0.2) is 12.8 Å². The maximum atomic E-state index is 12.9. The number of nitrogen functional groups attached to an aromatic ring is 1. The fourth-order valence-electron chi connectivity index (χ4n) is 1.06. The molecule has 0 amide bonds. The first-order chi connectivity index (χ1) is 7.38. The zero-order valence-electron chi connectivity index (χ0n) is 8.35. The van der Waals surface area contributed by atoms with Gasteiger partial charge < -0.3 is 10.5 Å². The van der Waals surface area contributed by atoms with Crippen molar-refractivity contribution in [2.45, 2.75) is 19.0 Å². The quantitative estimate of drug-likeness (QED) is 0.496. The summed E-state index contributed by atoms with van der Waals surface area (Å²) in [4.78, 5) is 0. The van der Waals surface area contributed by atoms with Gasteiger partial charge in [-0.15, -0.1) is 0 Å². The second kappa shape index (κ2) is 5.05. The first kappa shape index (κ1) is 12.6. The number of halogens is 4. The molecule has 0 aromatic heterocycles. The number of hydrogen-bond acceptors (Lipinski definition) is 2. The van der Waals surface area contributed by atoms with Gasteiger partial charge in [0, 0.05) is 12.5 Å². The van der Waals surface area contributed by atoms with E-state index < -0.39 is 18.4 Å². The average Bonchev–Trinajstić information content (AvgIpc) is 2.17. The van der Waals surface area contributed by atoms with Crippen molar-refractivity contribution in [1.29, 1.82) is 0 Å². The molecule has 0 fully saturated rings. The molecule has 0 aliphatic rings. The molecule has 16 heavy (non-hydrogen) atoms.